The van der Waals surface area contributed by atoms with Crippen molar-refractivity contribution in [2.24, 2.45) is 7.05 Å². The lowest BCUT2D eigenvalue weighted by Crippen LogP contribution is -1.95. The van der Waals surface area contributed by atoms with Crippen LogP contribution in [0.2, 0.25) is 0 Å². The van der Waals surface area contributed by atoms with E-state index in [0.717, 1.165) is 49.6 Å². The van der Waals surface area contributed by atoms with Crippen LogP contribution in [-0.4, -0.2) is 28.7 Å². The SMILES string of the molecule is COc1ccc(-c2nnc(SCc3cc4c(cc3Br)OCO4)n2C)cc1. The van der Waals surface area contributed by atoms with Crippen molar-refractivity contribution in [3.05, 3.63) is 46.4 Å². The molecule has 0 bridgehead atoms. The third kappa shape index (κ3) is 3.26. The number of methoxy groups -OCH3 is 1. The van der Waals surface area contributed by atoms with Crippen LogP contribution in [0.4, 0.5) is 0 Å². The molecule has 2 heterocycles. The number of halogens is 1. The summed E-state index contributed by atoms with van der Waals surface area (Å²) < 4.78 is 19.0. The van der Waals surface area contributed by atoms with Gasteiger partial charge in [0, 0.05) is 22.8 Å². The number of benzene rings is 2. The van der Waals surface area contributed by atoms with Crippen molar-refractivity contribution in [3.63, 3.8) is 0 Å². The van der Waals surface area contributed by atoms with Gasteiger partial charge in [-0.05, 0) is 42.0 Å². The molecule has 1 aromatic heterocycles. The van der Waals surface area contributed by atoms with Crippen molar-refractivity contribution < 1.29 is 14.2 Å². The van der Waals surface area contributed by atoms with E-state index in [1.54, 1.807) is 18.9 Å². The van der Waals surface area contributed by atoms with Crippen LogP contribution >= 0.6 is 27.7 Å². The second-order valence-corrected chi connectivity index (χ2v) is 7.48. The van der Waals surface area contributed by atoms with E-state index in [4.69, 9.17) is 14.2 Å². The molecule has 0 unspecified atom stereocenters. The van der Waals surface area contributed by atoms with Crippen LogP contribution < -0.4 is 14.2 Å². The zero-order chi connectivity index (χ0) is 18.1. The van der Waals surface area contributed by atoms with Gasteiger partial charge in [-0.3, -0.25) is 0 Å². The van der Waals surface area contributed by atoms with Crippen LogP contribution in [0.25, 0.3) is 11.4 Å². The summed E-state index contributed by atoms with van der Waals surface area (Å²) in [4.78, 5) is 0. The molecule has 134 valence electrons. The average Bonchev–Trinajstić information content (AvgIpc) is 3.26. The molecule has 8 heteroatoms. The lowest BCUT2D eigenvalue weighted by Gasteiger charge is -2.07. The fourth-order valence-electron chi connectivity index (χ4n) is 2.64. The van der Waals surface area contributed by atoms with Crippen molar-refractivity contribution in [1.82, 2.24) is 14.8 Å². The van der Waals surface area contributed by atoms with E-state index >= 15 is 0 Å². The van der Waals surface area contributed by atoms with E-state index in [1.807, 2.05) is 48.0 Å². The first-order valence-electron chi connectivity index (χ1n) is 7.90. The maximum Gasteiger partial charge on any atom is 0.231 e. The van der Waals surface area contributed by atoms with Crippen molar-refractivity contribution in [2.45, 2.75) is 10.9 Å². The summed E-state index contributed by atoms with van der Waals surface area (Å²) in [6.45, 7) is 0.271. The van der Waals surface area contributed by atoms with Gasteiger partial charge in [0.1, 0.15) is 5.75 Å². The summed E-state index contributed by atoms with van der Waals surface area (Å²) in [6, 6.07) is 11.7. The minimum Gasteiger partial charge on any atom is -0.497 e. The first kappa shape index (κ1) is 17.2. The Balaban J connectivity index is 1.52. The first-order valence-corrected chi connectivity index (χ1v) is 9.68. The zero-order valence-corrected chi connectivity index (χ0v) is 16.6. The van der Waals surface area contributed by atoms with Gasteiger partial charge in [0.25, 0.3) is 0 Å². The van der Waals surface area contributed by atoms with Gasteiger partial charge in [0.15, 0.2) is 22.5 Å². The summed E-state index contributed by atoms with van der Waals surface area (Å²) in [6.07, 6.45) is 0. The highest BCUT2D eigenvalue weighted by atomic mass is 79.9. The molecular formula is C18H16BrN3O3S. The Labute approximate surface area is 163 Å². The summed E-state index contributed by atoms with van der Waals surface area (Å²) in [7, 11) is 3.62. The fraction of sp³-hybridized carbons (Fsp3) is 0.222. The quantitative estimate of drug-likeness (QED) is 0.559. The van der Waals surface area contributed by atoms with Gasteiger partial charge in [-0.1, -0.05) is 27.7 Å². The normalized spacial score (nSPS) is 12.4. The summed E-state index contributed by atoms with van der Waals surface area (Å²) in [5.41, 5.74) is 2.12. The van der Waals surface area contributed by atoms with E-state index in [-0.39, 0.29) is 6.79 Å². The highest BCUT2D eigenvalue weighted by Crippen LogP contribution is 2.39. The zero-order valence-electron chi connectivity index (χ0n) is 14.2. The van der Waals surface area contributed by atoms with Crippen LogP contribution in [0, 0.1) is 0 Å². The highest BCUT2D eigenvalue weighted by molar-refractivity contribution is 9.10. The molecule has 0 radical (unpaired) electrons. The monoisotopic (exact) mass is 433 g/mol. The molecule has 26 heavy (non-hydrogen) atoms. The summed E-state index contributed by atoms with van der Waals surface area (Å²) in [5, 5.41) is 9.50. The van der Waals surface area contributed by atoms with Gasteiger partial charge < -0.3 is 18.8 Å². The Hall–Kier alpha value is -2.19. The van der Waals surface area contributed by atoms with E-state index in [0.29, 0.717) is 0 Å². The minimum atomic E-state index is 0.271. The van der Waals surface area contributed by atoms with Crippen LogP contribution in [0.1, 0.15) is 5.56 Å². The van der Waals surface area contributed by atoms with Gasteiger partial charge in [0.05, 0.1) is 7.11 Å². The lowest BCUT2D eigenvalue weighted by atomic mass is 10.2. The number of nitrogens with zero attached hydrogens (tertiary/aromatic N) is 3. The lowest BCUT2D eigenvalue weighted by molar-refractivity contribution is 0.174. The minimum absolute atomic E-state index is 0.271. The molecule has 0 amide bonds. The molecule has 1 aliphatic rings. The third-order valence-corrected chi connectivity index (χ3v) is 5.89. The molecule has 0 N–H and O–H groups in total. The molecule has 0 spiro atoms. The summed E-state index contributed by atoms with van der Waals surface area (Å²) in [5.74, 6) is 3.93. The standard InChI is InChI=1S/C18H16BrN3O3S/c1-22-17(11-3-5-13(23-2)6-4-11)20-21-18(22)26-9-12-7-15-16(8-14(12)19)25-10-24-15/h3-8H,9-10H2,1-2H3. The Kier molecular flexibility index (Phi) is 4.78. The second kappa shape index (κ2) is 7.20. The summed E-state index contributed by atoms with van der Waals surface area (Å²) >= 11 is 5.22. The second-order valence-electron chi connectivity index (χ2n) is 5.68. The molecule has 0 fully saturated rings. The molecule has 0 atom stereocenters. The van der Waals surface area contributed by atoms with Gasteiger partial charge in [-0.25, -0.2) is 0 Å². The number of hydrogen-bond donors (Lipinski definition) is 0. The van der Waals surface area contributed by atoms with Gasteiger partial charge in [-0.2, -0.15) is 0 Å². The third-order valence-electron chi connectivity index (χ3n) is 4.08. The molecule has 6 nitrogen and oxygen atoms in total. The van der Waals surface area contributed by atoms with Crippen molar-refractivity contribution in [3.8, 4) is 28.6 Å². The average molecular weight is 434 g/mol. The maximum atomic E-state index is 5.45. The fourth-order valence-corrected chi connectivity index (χ4v) is 4.19. The topological polar surface area (TPSA) is 58.4 Å². The van der Waals surface area contributed by atoms with Crippen LogP contribution in [-0.2, 0) is 12.8 Å². The molecule has 4 rings (SSSR count). The predicted molar refractivity (Wildman–Crippen MR) is 103 cm³/mol. The van der Waals surface area contributed by atoms with Crippen LogP contribution in [0.3, 0.4) is 0 Å². The molecule has 3 aromatic rings. The molecular weight excluding hydrogens is 418 g/mol. The number of fused-ring (bicyclic) bond motifs is 1. The number of hydrogen-bond acceptors (Lipinski definition) is 6. The van der Waals surface area contributed by atoms with Crippen molar-refractivity contribution in [1.29, 1.82) is 0 Å². The Morgan fingerprint density at radius 3 is 2.62 bits per heavy atom. The molecule has 0 saturated carbocycles. The van der Waals surface area contributed by atoms with E-state index in [9.17, 15) is 0 Å². The van der Waals surface area contributed by atoms with E-state index < -0.39 is 0 Å². The predicted octanol–water partition coefficient (Wildman–Crippen LogP) is 4.27. The Morgan fingerprint density at radius 2 is 1.88 bits per heavy atom. The largest absolute Gasteiger partial charge is 0.497 e. The van der Waals surface area contributed by atoms with E-state index in [1.165, 1.54) is 0 Å². The Bertz CT molecular complexity index is 944. The van der Waals surface area contributed by atoms with Crippen LogP contribution in [0.15, 0.2) is 46.0 Å². The van der Waals surface area contributed by atoms with Gasteiger partial charge in [0.2, 0.25) is 6.79 Å². The van der Waals surface area contributed by atoms with Crippen molar-refractivity contribution >= 4 is 27.7 Å². The van der Waals surface area contributed by atoms with Gasteiger partial charge in [-0.15, -0.1) is 10.2 Å². The molecule has 0 aliphatic carbocycles. The molecule has 1 aliphatic heterocycles. The number of aromatic nitrogens is 3. The highest BCUT2D eigenvalue weighted by Gasteiger charge is 2.17. The molecule has 2 aromatic carbocycles. The number of rotatable bonds is 5. The number of ether oxygens (including phenoxy) is 3. The van der Waals surface area contributed by atoms with Crippen LogP contribution in [0.5, 0.6) is 17.2 Å². The van der Waals surface area contributed by atoms with E-state index in [2.05, 4.69) is 26.1 Å². The van der Waals surface area contributed by atoms with Gasteiger partial charge >= 0.3 is 0 Å². The van der Waals surface area contributed by atoms with Crippen molar-refractivity contribution in [2.75, 3.05) is 13.9 Å². The maximum absolute atomic E-state index is 5.45. The first-order chi connectivity index (χ1) is 12.7. The number of thioether (sulfide) groups is 1. The molecule has 0 saturated heterocycles. The Morgan fingerprint density at radius 1 is 1.15 bits per heavy atom. The smallest absolute Gasteiger partial charge is 0.231 e.